The van der Waals surface area contributed by atoms with E-state index in [1.54, 1.807) is 0 Å². The topological polar surface area (TPSA) is 42.2 Å². The van der Waals surface area contributed by atoms with Gasteiger partial charge in [0.2, 0.25) is 0 Å². The molecule has 3 heteroatoms. The molecular formula is C14H17NO2. The summed E-state index contributed by atoms with van der Waals surface area (Å²) in [6.07, 6.45) is 0.854. The van der Waals surface area contributed by atoms with Crippen LogP contribution >= 0.6 is 0 Å². The minimum Gasteiger partial charge on any atom is -0.350 e. The maximum Gasteiger partial charge on any atom is 0.165 e. The van der Waals surface area contributed by atoms with Crippen molar-refractivity contribution in [1.29, 1.82) is 5.26 Å². The third kappa shape index (κ3) is 2.66. The summed E-state index contributed by atoms with van der Waals surface area (Å²) < 4.78 is 11.5. The van der Waals surface area contributed by atoms with Gasteiger partial charge in [0.05, 0.1) is 24.8 Å². The quantitative estimate of drug-likeness (QED) is 0.786. The summed E-state index contributed by atoms with van der Waals surface area (Å²) in [5, 5.41) is 8.74. The molecule has 0 radical (unpaired) electrons. The van der Waals surface area contributed by atoms with Gasteiger partial charge in [-0.15, -0.1) is 0 Å². The van der Waals surface area contributed by atoms with Gasteiger partial charge in [0, 0.05) is 5.92 Å². The Morgan fingerprint density at radius 3 is 2.35 bits per heavy atom. The molecule has 0 bridgehead atoms. The Morgan fingerprint density at radius 2 is 1.88 bits per heavy atom. The molecule has 1 fully saturated rings. The molecule has 0 saturated carbocycles. The van der Waals surface area contributed by atoms with Crippen molar-refractivity contribution < 1.29 is 9.47 Å². The summed E-state index contributed by atoms with van der Waals surface area (Å²) in [7, 11) is 0. The molecule has 0 aliphatic carbocycles. The summed E-state index contributed by atoms with van der Waals surface area (Å²) in [6.45, 7) is 5.39. The van der Waals surface area contributed by atoms with Crippen LogP contribution in [0.5, 0.6) is 0 Å². The minimum atomic E-state index is -0.427. The van der Waals surface area contributed by atoms with Gasteiger partial charge < -0.3 is 9.47 Å². The molecule has 17 heavy (non-hydrogen) atoms. The molecule has 0 N–H and O–H groups in total. The van der Waals surface area contributed by atoms with Crippen molar-refractivity contribution in [3.8, 4) is 6.07 Å². The molecule has 1 heterocycles. The van der Waals surface area contributed by atoms with Gasteiger partial charge in [-0.1, -0.05) is 19.1 Å². The van der Waals surface area contributed by atoms with Crippen LogP contribution in [-0.4, -0.2) is 19.0 Å². The Kier molecular flexibility index (Phi) is 3.46. The zero-order chi connectivity index (χ0) is 12.3. The van der Waals surface area contributed by atoms with E-state index in [9.17, 15) is 0 Å². The second kappa shape index (κ2) is 4.87. The first-order valence-electron chi connectivity index (χ1n) is 5.95. The van der Waals surface area contributed by atoms with Crippen molar-refractivity contribution in [3.63, 3.8) is 0 Å². The van der Waals surface area contributed by atoms with Crippen molar-refractivity contribution in [2.75, 3.05) is 13.2 Å². The Morgan fingerprint density at radius 1 is 1.29 bits per heavy atom. The Bertz CT molecular complexity index is 411. The third-order valence-electron chi connectivity index (χ3n) is 3.33. The predicted octanol–water partition coefficient (Wildman–Crippen LogP) is 2.81. The van der Waals surface area contributed by atoms with E-state index >= 15 is 0 Å². The van der Waals surface area contributed by atoms with Crippen LogP contribution in [0.1, 0.15) is 37.3 Å². The van der Waals surface area contributed by atoms with Crippen LogP contribution in [0, 0.1) is 11.3 Å². The van der Waals surface area contributed by atoms with E-state index in [1.165, 1.54) is 5.56 Å². The van der Waals surface area contributed by atoms with E-state index in [1.807, 2.05) is 31.2 Å². The van der Waals surface area contributed by atoms with Crippen molar-refractivity contribution in [1.82, 2.24) is 0 Å². The Hall–Kier alpha value is -1.37. The van der Waals surface area contributed by atoms with Crippen LogP contribution in [0.4, 0.5) is 0 Å². The first kappa shape index (κ1) is 12.1. The molecular weight excluding hydrogens is 214 g/mol. The van der Waals surface area contributed by atoms with Gasteiger partial charge in [0.1, 0.15) is 0 Å². The molecule has 90 valence electrons. The fourth-order valence-corrected chi connectivity index (χ4v) is 1.87. The molecule has 1 aliphatic rings. The highest BCUT2D eigenvalue weighted by molar-refractivity contribution is 5.33. The third-order valence-corrected chi connectivity index (χ3v) is 3.33. The van der Waals surface area contributed by atoms with Crippen LogP contribution in [0.25, 0.3) is 0 Å². The first-order chi connectivity index (χ1) is 8.17. The maximum absolute atomic E-state index is 8.74. The number of nitriles is 1. The number of hydrogen-bond acceptors (Lipinski definition) is 3. The number of ether oxygens (including phenoxy) is 2. The zero-order valence-corrected chi connectivity index (χ0v) is 10.3. The van der Waals surface area contributed by atoms with Crippen molar-refractivity contribution in [2.24, 2.45) is 0 Å². The lowest BCUT2D eigenvalue weighted by atomic mass is 9.98. The lowest BCUT2D eigenvalue weighted by molar-refractivity contribution is -0.263. The summed E-state index contributed by atoms with van der Waals surface area (Å²) in [6, 6.07) is 9.74. The molecule has 1 aromatic rings. The lowest BCUT2D eigenvalue weighted by Crippen LogP contribution is -2.40. The molecule has 0 unspecified atom stereocenters. The van der Waals surface area contributed by atoms with Crippen LogP contribution in [0.3, 0.4) is 0 Å². The molecule has 1 aliphatic heterocycles. The monoisotopic (exact) mass is 231 g/mol. The zero-order valence-electron chi connectivity index (χ0n) is 10.3. The lowest BCUT2D eigenvalue weighted by Gasteiger charge is -2.37. The second-order valence-corrected chi connectivity index (χ2v) is 4.54. The molecule has 2 rings (SSSR count). The van der Waals surface area contributed by atoms with Crippen LogP contribution in [-0.2, 0) is 9.47 Å². The molecule has 0 amide bonds. The highest BCUT2D eigenvalue weighted by atomic mass is 16.7. The van der Waals surface area contributed by atoms with Gasteiger partial charge in [0.15, 0.2) is 5.79 Å². The summed E-state index contributed by atoms with van der Waals surface area (Å²) >= 11 is 0. The summed E-state index contributed by atoms with van der Waals surface area (Å²) in [5.41, 5.74) is 1.85. The maximum atomic E-state index is 8.74. The summed E-state index contributed by atoms with van der Waals surface area (Å²) in [5.74, 6) is -0.161. The minimum absolute atomic E-state index is 0.266. The van der Waals surface area contributed by atoms with E-state index in [4.69, 9.17) is 14.7 Å². The number of rotatable bonds is 2. The van der Waals surface area contributed by atoms with Gasteiger partial charge in [0.25, 0.3) is 0 Å². The smallest absolute Gasteiger partial charge is 0.165 e. The van der Waals surface area contributed by atoms with Crippen molar-refractivity contribution in [2.45, 2.75) is 32.0 Å². The van der Waals surface area contributed by atoms with Gasteiger partial charge >= 0.3 is 0 Å². The number of benzene rings is 1. The predicted molar refractivity (Wildman–Crippen MR) is 64.5 cm³/mol. The molecule has 0 spiro atoms. The van der Waals surface area contributed by atoms with Crippen molar-refractivity contribution in [3.05, 3.63) is 35.4 Å². The fraction of sp³-hybridized carbons (Fsp3) is 0.500. The Labute approximate surface area is 102 Å². The standard InChI is InChI=1S/C14H17NO2/c1-3-14(2)16-9-13(10-17-14)12-6-4-11(8-15)5-7-12/h4-7,13H,3,9-10H2,1-2H3/t13-,14-. The molecule has 0 aromatic heterocycles. The largest absolute Gasteiger partial charge is 0.350 e. The number of nitrogens with zero attached hydrogens (tertiary/aromatic N) is 1. The highest BCUT2D eigenvalue weighted by Crippen LogP contribution is 2.29. The highest BCUT2D eigenvalue weighted by Gasteiger charge is 2.31. The summed E-state index contributed by atoms with van der Waals surface area (Å²) in [4.78, 5) is 0. The first-order valence-corrected chi connectivity index (χ1v) is 5.95. The number of hydrogen-bond donors (Lipinski definition) is 0. The molecule has 0 atom stereocenters. The van der Waals surface area contributed by atoms with Crippen molar-refractivity contribution >= 4 is 0 Å². The van der Waals surface area contributed by atoms with Crippen LogP contribution in [0.2, 0.25) is 0 Å². The van der Waals surface area contributed by atoms with E-state index in [2.05, 4.69) is 13.0 Å². The van der Waals surface area contributed by atoms with Crippen LogP contribution < -0.4 is 0 Å². The van der Waals surface area contributed by atoms with Gasteiger partial charge in [-0.3, -0.25) is 0 Å². The van der Waals surface area contributed by atoms with Gasteiger partial charge in [-0.05, 0) is 31.0 Å². The Balaban J connectivity index is 2.03. The van der Waals surface area contributed by atoms with Crippen LogP contribution in [0.15, 0.2) is 24.3 Å². The van der Waals surface area contributed by atoms with E-state index in [0.717, 1.165) is 6.42 Å². The average Bonchev–Trinajstić information content (AvgIpc) is 2.40. The van der Waals surface area contributed by atoms with E-state index in [0.29, 0.717) is 18.8 Å². The fourth-order valence-electron chi connectivity index (χ4n) is 1.87. The van der Waals surface area contributed by atoms with E-state index in [-0.39, 0.29) is 5.92 Å². The second-order valence-electron chi connectivity index (χ2n) is 4.54. The molecule has 1 saturated heterocycles. The SMILES string of the molecule is CC[C@]1(C)OC[C@@H](c2ccc(C#N)cc2)CO1. The van der Waals surface area contributed by atoms with Gasteiger partial charge in [-0.25, -0.2) is 0 Å². The normalized spacial score (nSPS) is 28.6. The molecule has 3 nitrogen and oxygen atoms in total. The van der Waals surface area contributed by atoms with Gasteiger partial charge in [-0.2, -0.15) is 5.26 Å². The van der Waals surface area contributed by atoms with E-state index < -0.39 is 5.79 Å². The average molecular weight is 231 g/mol. The molecule has 1 aromatic carbocycles.